The zero-order valence-electron chi connectivity index (χ0n) is 15.4. The van der Waals surface area contributed by atoms with Crippen molar-refractivity contribution in [3.05, 3.63) is 59.9 Å². The maximum absolute atomic E-state index is 12.2. The number of thioether (sulfide) groups is 1. The second-order valence-corrected chi connectivity index (χ2v) is 7.07. The van der Waals surface area contributed by atoms with Gasteiger partial charge in [0, 0.05) is 10.7 Å². The highest BCUT2D eigenvalue weighted by Crippen LogP contribution is 2.22. The molecule has 0 radical (unpaired) electrons. The van der Waals surface area contributed by atoms with E-state index in [0.717, 1.165) is 5.69 Å². The lowest BCUT2D eigenvalue weighted by Gasteiger charge is -2.08. The van der Waals surface area contributed by atoms with E-state index in [-0.39, 0.29) is 18.3 Å². The molecule has 0 atom stereocenters. The molecule has 10 heteroatoms. The van der Waals surface area contributed by atoms with Crippen LogP contribution in [0.3, 0.4) is 0 Å². The summed E-state index contributed by atoms with van der Waals surface area (Å²) in [4.78, 5) is 23.3. The predicted octanol–water partition coefficient (Wildman–Crippen LogP) is 3.20. The number of nitrogens with zero attached hydrogens (tertiary/aromatic N) is 3. The summed E-state index contributed by atoms with van der Waals surface area (Å²) >= 11 is 7.29. The van der Waals surface area contributed by atoms with Crippen LogP contribution in [0.15, 0.2) is 60.0 Å². The Morgan fingerprint density at radius 2 is 2.00 bits per heavy atom. The second kappa shape index (κ2) is 9.94. The number of hydrogen-bond donors (Lipinski definition) is 1. The van der Waals surface area contributed by atoms with Gasteiger partial charge in [-0.05, 0) is 42.5 Å². The summed E-state index contributed by atoms with van der Waals surface area (Å²) in [6.45, 7) is -0.174. The number of carbonyl (C=O) groups is 2. The Kier molecular flexibility index (Phi) is 7.09. The average Bonchev–Trinajstić information content (AvgIpc) is 3.20. The van der Waals surface area contributed by atoms with Gasteiger partial charge in [0.15, 0.2) is 11.8 Å². The van der Waals surface area contributed by atoms with Gasteiger partial charge in [-0.3, -0.25) is 9.36 Å². The smallest absolute Gasteiger partial charge is 0.343 e. The van der Waals surface area contributed by atoms with Crippen LogP contribution < -0.4 is 10.1 Å². The van der Waals surface area contributed by atoms with E-state index in [4.69, 9.17) is 16.3 Å². The lowest BCUT2D eigenvalue weighted by molar-refractivity contribution is -0.142. The second-order valence-electron chi connectivity index (χ2n) is 5.69. The van der Waals surface area contributed by atoms with Crippen LogP contribution in [0.1, 0.15) is 0 Å². The van der Waals surface area contributed by atoms with Gasteiger partial charge in [-0.2, -0.15) is 0 Å². The first-order chi connectivity index (χ1) is 14.0. The lowest BCUT2D eigenvalue weighted by Crippen LogP contribution is -2.15. The normalized spacial score (nSPS) is 10.4. The Morgan fingerprint density at radius 3 is 2.72 bits per heavy atom. The Bertz CT molecular complexity index is 994. The SMILES string of the molecule is COC(=O)COc1ccc(NC(=O)CSc2nncn2-c2cccc(Cl)c2)cc1. The lowest BCUT2D eigenvalue weighted by atomic mass is 10.3. The van der Waals surface area contributed by atoms with Crippen LogP contribution in [-0.2, 0) is 14.3 Å². The van der Waals surface area contributed by atoms with E-state index in [2.05, 4.69) is 20.3 Å². The number of ether oxygens (including phenoxy) is 2. The van der Waals surface area contributed by atoms with E-state index < -0.39 is 5.97 Å². The van der Waals surface area contributed by atoms with Crippen molar-refractivity contribution in [2.75, 3.05) is 24.8 Å². The standard InChI is InChI=1S/C19H17ClN4O4S/c1-27-18(26)10-28-16-7-5-14(6-8-16)22-17(25)11-29-19-23-21-12-24(19)15-4-2-3-13(20)9-15/h2-9,12H,10-11H2,1H3,(H,22,25). The van der Waals surface area contributed by atoms with Gasteiger partial charge in [0.25, 0.3) is 0 Å². The molecule has 1 N–H and O–H groups in total. The van der Waals surface area contributed by atoms with Gasteiger partial charge in [-0.25, -0.2) is 4.79 Å². The van der Waals surface area contributed by atoms with Gasteiger partial charge < -0.3 is 14.8 Å². The third-order valence-corrected chi connectivity index (χ3v) is 4.84. The average molecular weight is 433 g/mol. The molecule has 29 heavy (non-hydrogen) atoms. The molecule has 0 saturated carbocycles. The van der Waals surface area contributed by atoms with Crippen molar-refractivity contribution in [2.45, 2.75) is 5.16 Å². The molecule has 3 aromatic rings. The van der Waals surface area contributed by atoms with Crippen LogP contribution in [0.2, 0.25) is 5.02 Å². The third-order valence-electron chi connectivity index (χ3n) is 3.66. The molecule has 0 fully saturated rings. The number of anilines is 1. The van der Waals surface area contributed by atoms with Crippen molar-refractivity contribution >= 4 is 40.9 Å². The van der Waals surface area contributed by atoms with Crippen LogP contribution in [0.25, 0.3) is 5.69 Å². The Labute approximate surface area is 176 Å². The van der Waals surface area contributed by atoms with Crippen molar-refractivity contribution in [3.63, 3.8) is 0 Å². The van der Waals surface area contributed by atoms with Crippen LogP contribution in [-0.4, -0.2) is 46.1 Å². The summed E-state index contributed by atoms with van der Waals surface area (Å²) in [5.41, 5.74) is 1.42. The summed E-state index contributed by atoms with van der Waals surface area (Å²) in [5.74, 6) is -0.0128. The minimum Gasteiger partial charge on any atom is -0.482 e. The maximum atomic E-state index is 12.2. The first kappa shape index (κ1) is 20.7. The van der Waals surface area contributed by atoms with Crippen molar-refractivity contribution in [1.82, 2.24) is 14.8 Å². The molecule has 1 heterocycles. The largest absolute Gasteiger partial charge is 0.482 e. The maximum Gasteiger partial charge on any atom is 0.343 e. The molecule has 0 aliphatic rings. The molecule has 0 bridgehead atoms. The van der Waals surface area contributed by atoms with Crippen molar-refractivity contribution in [3.8, 4) is 11.4 Å². The van der Waals surface area contributed by atoms with Crippen LogP contribution in [0.5, 0.6) is 5.75 Å². The molecule has 1 amide bonds. The first-order valence-corrected chi connectivity index (χ1v) is 9.80. The molecule has 1 aromatic heterocycles. The van der Waals surface area contributed by atoms with Gasteiger partial charge in [-0.15, -0.1) is 10.2 Å². The van der Waals surface area contributed by atoms with Gasteiger partial charge in [0.1, 0.15) is 12.1 Å². The zero-order chi connectivity index (χ0) is 20.6. The topological polar surface area (TPSA) is 95.3 Å². The number of amides is 1. The molecule has 3 rings (SSSR count). The monoisotopic (exact) mass is 432 g/mol. The summed E-state index contributed by atoms with van der Waals surface area (Å²) < 4.78 is 11.5. The van der Waals surface area contributed by atoms with E-state index in [1.54, 1.807) is 47.3 Å². The number of nitrogens with one attached hydrogen (secondary N) is 1. The summed E-state index contributed by atoms with van der Waals surface area (Å²) in [7, 11) is 1.29. The summed E-state index contributed by atoms with van der Waals surface area (Å²) in [6.07, 6.45) is 1.57. The number of hydrogen-bond acceptors (Lipinski definition) is 7. The highest BCUT2D eigenvalue weighted by Gasteiger charge is 2.11. The Hall–Kier alpha value is -3.04. The van der Waals surface area contributed by atoms with E-state index in [0.29, 0.717) is 21.6 Å². The van der Waals surface area contributed by atoms with Crippen LogP contribution in [0.4, 0.5) is 5.69 Å². The number of halogens is 1. The zero-order valence-corrected chi connectivity index (χ0v) is 16.9. The number of methoxy groups -OCH3 is 1. The fraction of sp³-hybridized carbons (Fsp3) is 0.158. The molecule has 0 aliphatic heterocycles. The van der Waals surface area contributed by atoms with E-state index >= 15 is 0 Å². The Balaban J connectivity index is 1.53. The van der Waals surface area contributed by atoms with E-state index in [1.165, 1.54) is 18.9 Å². The van der Waals surface area contributed by atoms with Crippen molar-refractivity contribution < 1.29 is 19.1 Å². The molecule has 8 nitrogen and oxygen atoms in total. The third kappa shape index (κ3) is 5.97. The number of rotatable bonds is 8. The van der Waals surface area contributed by atoms with E-state index in [1.807, 2.05) is 12.1 Å². The number of aromatic nitrogens is 3. The summed E-state index contributed by atoms with van der Waals surface area (Å²) in [6, 6.07) is 14.0. The quantitative estimate of drug-likeness (QED) is 0.431. The van der Waals surface area contributed by atoms with E-state index in [9.17, 15) is 9.59 Å². The number of carbonyl (C=O) groups excluding carboxylic acids is 2. The molecule has 0 saturated heterocycles. The fourth-order valence-electron chi connectivity index (χ4n) is 2.29. The van der Waals surface area contributed by atoms with Crippen LogP contribution >= 0.6 is 23.4 Å². The molecular formula is C19H17ClN4O4S. The van der Waals surface area contributed by atoms with Crippen molar-refractivity contribution in [2.24, 2.45) is 0 Å². The van der Waals surface area contributed by atoms with Crippen molar-refractivity contribution in [1.29, 1.82) is 0 Å². The highest BCUT2D eigenvalue weighted by molar-refractivity contribution is 7.99. The first-order valence-electron chi connectivity index (χ1n) is 8.43. The molecule has 0 aliphatic carbocycles. The molecule has 0 spiro atoms. The molecule has 2 aromatic carbocycles. The van der Waals surface area contributed by atoms with Gasteiger partial charge in [0.2, 0.25) is 5.91 Å². The predicted molar refractivity (Wildman–Crippen MR) is 110 cm³/mol. The number of esters is 1. The van der Waals surface area contributed by atoms with Crippen LogP contribution in [0, 0.1) is 0 Å². The highest BCUT2D eigenvalue weighted by atomic mass is 35.5. The summed E-state index contributed by atoms with van der Waals surface area (Å²) in [5, 5.41) is 11.9. The molecular weight excluding hydrogens is 416 g/mol. The van der Waals surface area contributed by atoms with Gasteiger partial charge in [0.05, 0.1) is 18.6 Å². The van der Waals surface area contributed by atoms with Gasteiger partial charge >= 0.3 is 5.97 Å². The minimum atomic E-state index is -0.468. The van der Waals surface area contributed by atoms with Gasteiger partial charge in [-0.1, -0.05) is 29.4 Å². The Morgan fingerprint density at radius 1 is 1.21 bits per heavy atom. The number of benzene rings is 2. The minimum absolute atomic E-state index is 0.153. The molecule has 0 unspecified atom stereocenters. The molecule has 150 valence electrons. The fourth-order valence-corrected chi connectivity index (χ4v) is 3.20.